The third-order valence-corrected chi connectivity index (χ3v) is 4.95. The molecule has 6 heteroatoms. The Bertz CT molecular complexity index is 1080. The normalized spacial score (nSPS) is 14.7. The van der Waals surface area contributed by atoms with Crippen LogP contribution in [0.5, 0.6) is 0 Å². The van der Waals surface area contributed by atoms with Gasteiger partial charge in [-0.15, -0.1) is 0 Å². The molecule has 1 aliphatic heterocycles. The summed E-state index contributed by atoms with van der Waals surface area (Å²) in [5, 5.41) is 5.81. The molecule has 0 saturated heterocycles. The number of nitrogens with one attached hydrogen (secondary N) is 1. The first kappa shape index (κ1) is 15.3. The zero-order valence-electron chi connectivity index (χ0n) is 14.2. The summed E-state index contributed by atoms with van der Waals surface area (Å²) in [5.41, 5.74) is 4.47. The van der Waals surface area contributed by atoms with Crippen molar-refractivity contribution in [2.45, 2.75) is 19.6 Å². The van der Waals surface area contributed by atoms with Gasteiger partial charge in [-0.05, 0) is 29.8 Å². The van der Waals surface area contributed by atoms with Crippen molar-refractivity contribution in [1.29, 1.82) is 0 Å². The number of H-pyrrole nitrogens is 1. The summed E-state index contributed by atoms with van der Waals surface area (Å²) in [6, 6.07) is 13.3. The third kappa shape index (κ3) is 2.59. The highest BCUT2D eigenvalue weighted by Gasteiger charge is 2.21. The van der Waals surface area contributed by atoms with Gasteiger partial charge in [0.05, 0.1) is 12.2 Å². The van der Waals surface area contributed by atoms with Gasteiger partial charge in [0.1, 0.15) is 11.4 Å². The zero-order chi connectivity index (χ0) is 17.5. The van der Waals surface area contributed by atoms with Crippen molar-refractivity contribution in [3.05, 3.63) is 71.9 Å². The molecule has 3 aromatic heterocycles. The quantitative estimate of drug-likeness (QED) is 0.616. The van der Waals surface area contributed by atoms with E-state index in [4.69, 9.17) is 0 Å². The maximum absolute atomic E-state index is 14.0. The minimum Gasteiger partial charge on any atom is -0.361 e. The van der Waals surface area contributed by atoms with Crippen molar-refractivity contribution in [2.75, 3.05) is 6.54 Å². The number of rotatable bonds is 3. The Morgan fingerprint density at radius 3 is 2.96 bits per heavy atom. The van der Waals surface area contributed by atoms with Crippen LogP contribution in [0.25, 0.3) is 22.3 Å². The maximum atomic E-state index is 14.0. The number of nitrogens with zero attached hydrogens (tertiary/aromatic N) is 4. The van der Waals surface area contributed by atoms with E-state index in [-0.39, 0.29) is 5.82 Å². The highest BCUT2D eigenvalue weighted by molar-refractivity contribution is 5.82. The average Bonchev–Trinajstić information content (AvgIpc) is 3.26. The van der Waals surface area contributed by atoms with Crippen LogP contribution in [0.15, 0.2) is 54.9 Å². The molecule has 0 saturated carbocycles. The summed E-state index contributed by atoms with van der Waals surface area (Å²) >= 11 is 0. The summed E-state index contributed by atoms with van der Waals surface area (Å²) in [4.78, 5) is 9.87. The lowest BCUT2D eigenvalue weighted by Crippen LogP contribution is -2.33. The molecule has 5 nitrogen and oxygen atoms in total. The van der Waals surface area contributed by atoms with Crippen LogP contribution in [-0.4, -0.2) is 31.2 Å². The molecule has 0 amide bonds. The van der Waals surface area contributed by atoms with Gasteiger partial charge < -0.3 is 4.98 Å². The van der Waals surface area contributed by atoms with Gasteiger partial charge in [-0.3, -0.25) is 14.6 Å². The van der Waals surface area contributed by atoms with Crippen LogP contribution in [0, 0.1) is 5.82 Å². The monoisotopic (exact) mass is 347 g/mol. The van der Waals surface area contributed by atoms with Crippen molar-refractivity contribution in [1.82, 2.24) is 24.6 Å². The lowest BCUT2D eigenvalue weighted by Gasteiger charge is -2.27. The Labute approximate surface area is 150 Å². The number of aromatic amines is 1. The Morgan fingerprint density at radius 2 is 2.04 bits per heavy atom. The average molecular weight is 347 g/mol. The van der Waals surface area contributed by atoms with Gasteiger partial charge in [-0.1, -0.05) is 18.2 Å². The van der Waals surface area contributed by atoms with E-state index in [1.165, 1.54) is 17.0 Å². The van der Waals surface area contributed by atoms with Crippen LogP contribution in [0.2, 0.25) is 0 Å². The molecule has 26 heavy (non-hydrogen) atoms. The fourth-order valence-corrected chi connectivity index (χ4v) is 3.65. The van der Waals surface area contributed by atoms with Gasteiger partial charge in [0.15, 0.2) is 5.82 Å². The van der Waals surface area contributed by atoms with E-state index in [1.54, 1.807) is 12.3 Å². The predicted octanol–water partition coefficient (Wildman–Crippen LogP) is 3.58. The van der Waals surface area contributed by atoms with Crippen LogP contribution in [0.1, 0.15) is 11.3 Å². The van der Waals surface area contributed by atoms with E-state index in [9.17, 15) is 4.39 Å². The van der Waals surface area contributed by atoms with Gasteiger partial charge in [-0.25, -0.2) is 4.39 Å². The molecular formula is C20H18FN5. The number of para-hydroxylation sites is 1. The fraction of sp³-hybridized carbons (Fsp3) is 0.200. The maximum Gasteiger partial charge on any atom is 0.151 e. The molecule has 4 aromatic rings. The third-order valence-electron chi connectivity index (χ3n) is 4.95. The van der Waals surface area contributed by atoms with Crippen molar-refractivity contribution in [2.24, 2.45) is 0 Å². The molecule has 4 heterocycles. The number of hydrogen-bond acceptors (Lipinski definition) is 3. The number of pyridine rings is 1. The van der Waals surface area contributed by atoms with Crippen LogP contribution in [-0.2, 0) is 19.6 Å². The summed E-state index contributed by atoms with van der Waals surface area (Å²) in [6.07, 6.45) is 3.69. The molecule has 1 aromatic carbocycles. The van der Waals surface area contributed by atoms with E-state index in [0.29, 0.717) is 11.4 Å². The number of fused-ring (bicyclic) bond motifs is 2. The van der Waals surface area contributed by atoms with Gasteiger partial charge in [0.2, 0.25) is 0 Å². The number of hydrogen-bond donors (Lipinski definition) is 1. The van der Waals surface area contributed by atoms with E-state index >= 15 is 0 Å². The first-order valence-corrected chi connectivity index (χ1v) is 8.73. The molecule has 0 radical (unpaired) electrons. The van der Waals surface area contributed by atoms with Gasteiger partial charge in [0.25, 0.3) is 0 Å². The van der Waals surface area contributed by atoms with Gasteiger partial charge >= 0.3 is 0 Å². The Morgan fingerprint density at radius 1 is 1.12 bits per heavy atom. The largest absolute Gasteiger partial charge is 0.361 e. The second-order valence-corrected chi connectivity index (χ2v) is 6.65. The molecule has 0 aliphatic carbocycles. The highest BCUT2D eigenvalue weighted by atomic mass is 19.1. The molecule has 0 atom stereocenters. The molecule has 130 valence electrons. The molecule has 1 N–H and O–H groups in total. The first-order valence-electron chi connectivity index (χ1n) is 8.73. The van der Waals surface area contributed by atoms with Gasteiger partial charge in [0, 0.05) is 42.9 Å². The zero-order valence-corrected chi connectivity index (χ0v) is 14.2. The van der Waals surface area contributed by atoms with Crippen molar-refractivity contribution in [3.8, 4) is 11.4 Å². The topological polar surface area (TPSA) is 49.7 Å². The molecule has 5 rings (SSSR count). The Hall–Kier alpha value is -2.99. The first-order chi connectivity index (χ1) is 12.8. The standard InChI is InChI=1S/C20H18FN5/c21-17-5-3-7-22-20(17)19-10-15-13-25(8-9-26(15)24-19)12-14-11-23-18-6-2-1-4-16(14)18/h1-7,10-11,23H,8-9,12-13H2. The van der Waals surface area contributed by atoms with Crippen molar-refractivity contribution in [3.63, 3.8) is 0 Å². The van der Waals surface area contributed by atoms with Crippen molar-refractivity contribution < 1.29 is 4.39 Å². The minimum absolute atomic E-state index is 0.317. The van der Waals surface area contributed by atoms with Crippen LogP contribution >= 0.6 is 0 Å². The molecule has 0 fully saturated rings. The molecule has 0 unspecified atom stereocenters. The Kier molecular flexibility index (Phi) is 3.57. The summed E-state index contributed by atoms with van der Waals surface area (Å²) in [5.74, 6) is -0.335. The number of aromatic nitrogens is 4. The number of benzene rings is 1. The second kappa shape index (κ2) is 6.07. The van der Waals surface area contributed by atoms with Crippen LogP contribution < -0.4 is 0 Å². The molecule has 0 spiro atoms. The summed E-state index contributed by atoms with van der Waals surface area (Å²) < 4.78 is 16.0. The molecule has 1 aliphatic rings. The lowest BCUT2D eigenvalue weighted by atomic mass is 10.1. The van der Waals surface area contributed by atoms with Gasteiger partial charge in [-0.2, -0.15) is 5.10 Å². The molecule has 0 bridgehead atoms. The minimum atomic E-state index is -0.335. The van der Waals surface area contributed by atoms with E-state index in [2.05, 4.69) is 44.4 Å². The van der Waals surface area contributed by atoms with E-state index in [1.807, 2.05) is 16.8 Å². The lowest BCUT2D eigenvalue weighted by molar-refractivity contribution is 0.206. The fourth-order valence-electron chi connectivity index (χ4n) is 3.65. The predicted molar refractivity (Wildman–Crippen MR) is 97.8 cm³/mol. The van der Waals surface area contributed by atoms with Crippen molar-refractivity contribution >= 4 is 10.9 Å². The van der Waals surface area contributed by atoms with Crippen LogP contribution in [0.4, 0.5) is 4.39 Å². The highest BCUT2D eigenvalue weighted by Crippen LogP contribution is 2.25. The summed E-state index contributed by atoms with van der Waals surface area (Å²) in [7, 11) is 0. The molecular weight excluding hydrogens is 329 g/mol. The summed E-state index contributed by atoms with van der Waals surface area (Å²) in [6.45, 7) is 3.38. The van der Waals surface area contributed by atoms with E-state index in [0.717, 1.165) is 37.4 Å². The number of halogens is 1. The van der Waals surface area contributed by atoms with Crippen LogP contribution in [0.3, 0.4) is 0 Å². The smallest absolute Gasteiger partial charge is 0.151 e. The van der Waals surface area contributed by atoms with E-state index < -0.39 is 0 Å². The SMILES string of the molecule is Fc1cccnc1-c1cc2n(n1)CCN(Cc1c[nH]c3ccccc13)C2. The second-order valence-electron chi connectivity index (χ2n) is 6.65. The Balaban J connectivity index is 1.39.